The summed E-state index contributed by atoms with van der Waals surface area (Å²) in [6, 6.07) is 10.7. The Hall–Kier alpha value is -3.18. The maximum atomic E-state index is 11.6. The molecular weight excluding hydrogens is 552 g/mol. The summed E-state index contributed by atoms with van der Waals surface area (Å²) >= 11 is 7.19. The van der Waals surface area contributed by atoms with E-state index in [2.05, 4.69) is 14.5 Å². The fourth-order valence-electron chi connectivity index (χ4n) is 5.45. The number of halogens is 1. The Bertz CT molecular complexity index is 1680. The molecule has 11 heteroatoms. The number of ether oxygens (including phenoxy) is 3. The van der Waals surface area contributed by atoms with Gasteiger partial charge in [0.05, 0.1) is 29.7 Å². The standard InChI is InChI=1S/C29H29ClN4O5S/c1-29(24-6-5-18(30)14-31-24)38-22-4-2-3-20(26(22)39-29)17-7-10-33(11-8-17)16-25-32-27-21(13-23(40-27)28(35)36)34(25)15-19-9-12-37-19/h2-6,13-14,17,19H,7-12,15-16H2,1H3,(H,35,36)/t19-,29+/m0/s1/i7D,17D/t7?,17?,19-,29+. The minimum absolute atomic E-state index is 0.0802. The third-order valence-electron chi connectivity index (χ3n) is 7.69. The second-order valence-corrected chi connectivity index (χ2v) is 11.9. The van der Waals surface area contributed by atoms with Crippen LogP contribution in [0.4, 0.5) is 0 Å². The SMILES string of the molecule is [2H]C1CN(Cc2nc3sc(C(=O)O)cc3n2C[C@@H]2CCO2)CCC1([2H])c1cccc2c1O[C@](C)(c1ccc(Cl)cn1)O2. The third-order valence-corrected chi connectivity index (χ3v) is 8.92. The summed E-state index contributed by atoms with van der Waals surface area (Å²) in [5, 5.41) is 9.98. The van der Waals surface area contributed by atoms with Gasteiger partial charge < -0.3 is 23.9 Å². The van der Waals surface area contributed by atoms with Crippen molar-refractivity contribution < 1.29 is 26.9 Å². The Balaban J connectivity index is 1.12. The molecule has 4 atom stereocenters. The van der Waals surface area contributed by atoms with E-state index in [4.69, 9.17) is 32.2 Å². The lowest BCUT2D eigenvalue weighted by molar-refractivity contribution is -0.0722. The third kappa shape index (κ3) is 4.62. The highest BCUT2D eigenvalue weighted by atomic mass is 35.5. The molecule has 1 aromatic carbocycles. The van der Waals surface area contributed by atoms with E-state index in [-0.39, 0.29) is 11.0 Å². The second-order valence-electron chi connectivity index (χ2n) is 10.4. The lowest BCUT2D eigenvalue weighted by atomic mass is 9.88. The molecule has 6 heterocycles. The number of aromatic nitrogens is 3. The molecule has 0 saturated carbocycles. The monoisotopic (exact) mass is 582 g/mol. The van der Waals surface area contributed by atoms with E-state index < -0.39 is 24.0 Å². The summed E-state index contributed by atoms with van der Waals surface area (Å²) in [7, 11) is 0. The van der Waals surface area contributed by atoms with Gasteiger partial charge in [-0.3, -0.25) is 9.88 Å². The van der Waals surface area contributed by atoms with Gasteiger partial charge in [0.1, 0.15) is 21.2 Å². The molecule has 40 heavy (non-hydrogen) atoms. The number of fused-ring (bicyclic) bond motifs is 2. The molecule has 1 N–H and O–H groups in total. The van der Waals surface area contributed by atoms with Gasteiger partial charge in [0.15, 0.2) is 11.5 Å². The van der Waals surface area contributed by atoms with E-state index in [1.807, 2.05) is 18.2 Å². The minimum Gasteiger partial charge on any atom is -0.477 e. The van der Waals surface area contributed by atoms with Crippen LogP contribution in [0.1, 0.15) is 61.6 Å². The van der Waals surface area contributed by atoms with Crippen LogP contribution in [-0.4, -0.2) is 56.3 Å². The predicted octanol–water partition coefficient (Wildman–Crippen LogP) is 5.66. The Morgan fingerprint density at radius 1 is 1.30 bits per heavy atom. The Kier molecular flexibility index (Phi) is 5.89. The first-order chi connectivity index (χ1) is 20.1. The van der Waals surface area contributed by atoms with Crippen LogP contribution in [0.15, 0.2) is 42.6 Å². The Morgan fingerprint density at radius 2 is 2.17 bits per heavy atom. The molecular formula is C29H29ClN4O5S. The maximum absolute atomic E-state index is 11.6. The molecule has 0 radical (unpaired) electrons. The molecule has 0 amide bonds. The number of nitrogens with zero attached hydrogens (tertiary/aromatic N) is 4. The van der Waals surface area contributed by atoms with Crippen molar-refractivity contribution in [3.8, 4) is 11.5 Å². The van der Waals surface area contributed by atoms with E-state index in [0.29, 0.717) is 65.2 Å². The molecule has 4 aromatic rings. The average molecular weight is 583 g/mol. The van der Waals surface area contributed by atoms with Gasteiger partial charge in [-0.05, 0) is 62.5 Å². The van der Waals surface area contributed by atoms with Crippen molar-refractivity contribution in [2.45, 2.75) is 57.0 Å². The van der Waals surface area contributed by atoms with E-state index in [9.17, 15) is 11.3 Å². The predicted molar refractivity (Wildman–Crippen MR) is 150 cm³/mol. The van der Waals surface area contributed by atoms with Crippen LogP contribution < -0.4 is 9.47 Å². The van der Waals surface area contributed by atoms with Gasteiger partial charge in [-0.1, -0.05) is 23.7 Å². The molecule has 0 aliphatic carbocycles. The highest BCUT2D eigenvalue weighted by molar-refractivity contribution is 7.20. The van der Waals surface area contributed by atoms with Crippen LogP contribution in [0, 0.1) is 0 Å². The van der Waals surface area contributed by atoms with Gasteiger partial charge in [-0.15, -0.1) is 11.3 Å². The summed E-state index contributed by atoms with van der Waals surface area (Å²) in [5.41, 5.74) is 1.98. The smallest absolute Gasteiger partial charge is 0.346 e. The number of piperidine rings is 1. The summed E-state index contributed by atoms with van der Waals surface area (Å²) in [4.78, 5) is 23.8. The quantitative estimate of drug-likeness (QED) is 0.298. The summed E-state index contributed by atoms with van der Waals surface area (Å²) in [5.74, 6) is -1.53. The molecule has 2 unspecified atom stereocenters. The largest absolute Gasteiger partial charge is 0.477 e. The number of pyridine rings is 1. The van der Waals surface area contributed by atoms with Gasteiger partial charge in [0.2, 0.25) is 0 Å². The first kappa shape index (κ1) is 23.5. The lowest BCUT2D eigenvalue weighted by Crippen LogP contribution is -2.35. The first-order valence-electron chi connectivity index (χ1n) is 14.3. The Labute approximate surface area is 243 Å². The number of carbonyl (C=O) groups is 1. The number of carboxylic acids is 1. The molecule has 0 spiro atoms. The average Bonchev–Trinajstić information content (AvgIpc) is 3.59. The molecule has 3 aliphatic rings. The zero-order valence-corrected chi connectivity index (χ0v) is 23.4. The molecule has 2 saturated heterocycles. The van der Waals surface area contributed by atoms with Crippen molar-refractivity contribution >= 4 is 39.3 Å². The zero-order chi connectivity index (χ0) is 29.2. The van der Waals surface area contributed by atoms with Gasteiger partial charge in [-0.2, -0.15) is 0 Å². The highest BCUT2D eigenvalue weighted by Crippen LogP contribution is 2.49. The first-order valence-corrected chi connectivity index (χ1v) is 14.4. The number of carboxylic acid groups (broad SMARTS) is 1. The fraction of sp³-hybridized carbons (Fsp3) is 0.414. The van der Waals surface area contributed by atoms with E-state index in [1.54, 1.807) is 31.3 Å². The van der Waals surface area contributed by atoms with Crippen LogP contribution in [0.5, 0.6) is 11.5 Å². The molecule has 3 aromatic heterocycles. The van der Waals surface area contributed by atoms with Crippen LogP contribution >= 0.6 is 22.9 Å². The molecule has 3 aliphatic heterocycles. The van der Waals surface area contributed by atoms with Crippen molar-refractivity contribution in [3.63, 3.8) is 0 Å². The van der Waals surface area contributed by atoms with E-state index >= 15 is 0 Å². The molecule has 2 fully saturated rings. The van der Waals surface area contributed by atoms with Gasteiger partial charge in [0, 0.05) is 28.0 Å². The maximum Gasteiger partial charge on any atom is 0.346 e. The zero-order valence-electron chi connectivity index (χ0n) is 23.8. The number of imidazole rings is 1. The van der Waals surface area contributed by atoms with Crippen molar-refractivity contribution in [2.75, 3.05) is 19.7 Å². The molecule has 208 valence electrons. The number of thiophene rings is 1. The van der Waals surface area contributed by atoms with E-state index in [0.717, 1.165) is 24.4 Å². The van der Waals surface area contributed by atoms with Gasteiger partial charge in [-0.25, -0.2) is 9.78 Å². The van der Waals surface area contributed by atoms with Gasteiger partial charge in [0.25, 0.3) is 5.79 Å². The minimum atomic E-state index is -1.21. The van der Waals surface area contributed by atoms with Gasteiger partial charge >= 0.3 is 5.97 Å². The van der Waals surface area contributed by atoms with Crippen LogP contribution in [0.2, 0.25) is 5.02 Å². The van der Waals surface area contributed by atoms with Crippen molar-refractivity contribution in [3.05, 3.63) is 69.6 Å². The van der Waals surface area contributed by atoms with Crippen molar-refractivity contribution in [1.29, 1.82) is 0 Å². The fourth-order valence-corrected chi connectivity index (χ4v) is 6.45. The summed E-state index contributed by atoms with van der Waals surface area (Å²) in [6.45, 7) is 4.57. The second kappa shape index (κ2) is 10.0. The van der Waals surface area contributed by atoms with E-state index in [1.165, 1.54) is 11.3 Å². The van der Waals surface area contributed by atoms with Crippen LogP contribution in [0.25, 0.3) is 10.3 Å². The number of hydrogen-bond acceptors (Lipinski definition) is 8. The number of rotatable bonds is 7. The van der Waals surface area contributed by atoms with Crippen LogP contribution in [-0.2, 0) is 23.6 Å². The molecule has 0 bridgehead atoms. The molecule has 9 nitrogen and oxygen atoms in total. The highest BCUT2D eigenvalue weighted by Gasteiger charge is 2.42. The Morgan fingerprint density at radius 3 is 2.90 bits per heavy atom. The normalized spacial score (nSPS) is 28.8. The number of benzene rings is 1. The topological polar surface area (TPSA) is 98.9 Å². The lowest BCUT2D eigenvalue weighted by Gasteiger charge is -2.33. The molecule has 7 rings (SSSR count). The number of likely N-dealkylation sites (tertiary alicyclic amines) is 1. The summed E-state index contributed by atoms with van der Waals surface area (Å²) < 4.78 is 38.9. The van der Waals surface area contributed by atoms with Crippen molar-refractivity contribution in [1.82, 2.24) is 19.4 Å². The summed E-state index contributed by atoms with van der Waals surface area (Å²) in [6.07, 6.45) is 2.23. The number of aromatic carboxylic acids is 1. The van der Waals surface area contributed by atoms with Crippen LogP contribution in [0.3, 0.4) is 0 Å². The number of hydrogen-bond donors (Lipinski definition) is 1. The number of para-hydroxylation sites is 1. The van der Waals surface area contributed by atoms with Crippen molar-refractivity contribution in [2.24, 2.45) is 0 Å².